The van der Waals surface area contributed by atoms with Crippen molar-refractivity contribution in [3.05, 3.63) is 23.8 Å². The maximum absolute atomic E-state index is 13.2. The Morgan fingerprint density at radius 2 is 2.19 bits per heavy atom. The zero-order valence-electron chi connectivity index (χ0n) is 8.82. The number of rotatable bonds is 4. The minimum atomic E-state index is -1.08. The fourth-order valence-electron chi connectivity index (χ4n) is 1.09. The summed E-state index contributed by atoms with van der Waals surface area (Å²) < 4.78 is 22.4. The number of hydrogen-bond donors (Lipinski definition) is 0. The topological polar surface area (TPSA) is 65.5 Å². The molecule has 1 aromatic rings. The Labute approximate surface area is 91.2 Å². The van der Waals surface area contributed by atoms with Crippen LogP contribution in [0.4, 0.5) is 4.39 Å². The molecule has 86 valence electrons. The first kappa shape index (κ1) is 12.1. The van der Waals surface area contributed by atoms with E-state index in [1.54, 1.807) is 6.92 Å². The number of carbonyl (C=O) groups excluding carboxylic acids is 2. The third-order valence-electron chi connectivity index (χ3n) is 1.77. The molecule has 0 N–H and O–H groups in total. The molecule has 0 aliphatic rings. The molecule has 0 radical (unpaired) electrons. The quantitative estimate of drug-likeness (QED) is 0.332. The number of ketones is 1. The lowest BCUT2D eigenvalue weighted by molar-refractivity contribution is -0.135. The summed E-state index contributed by atoms with van der Waals surface area (Å²) in [5.41, 5.74) is -0.193. The number of carbonyl (C=O) groups is 2. The second-order valence-electron chi connectivity index (χ2n) is 2.73. The van der Waals surface area contributed by atoms with Crippen LogP contribution in [0, 0.1) is 5.95 Å². The average Bonchev–Trinajstić information content (AvgIpc) is 2.30. The van der Waals surface area contributed by atoms with Gasteiger partial charge in [-0.1, -0.05) is 0 Å². The van der Waals surface area contributed by atoms with Crippen LogP contribution >= 0.6 is 0 Å². The van der Waals surface area contributed by atoms with Crippen LogP contribution in [0.2, 0.25) is 0 Å². The summed E-state index contributed by atoms with van der Waals surface area (Å²) in [5, 5.41) is 0. The van der Waals surface area contributed by atoms with Crippen molar-refractivity contribution in [1.82, 2.24) is 4.98 Å². The molecule has 0 saturated heterocycles. The summed E-state index contributed by atoms with van der Waals surface area (Å²) in [6.07, 6.45) is 1.08. The first-order chi connectivity index (χ1) is 7.61. The van der Waals surface area contributed by atoms with E-state index >= 15 is 0 Å². The smallest absolute Gasteiger partial charge is 0.379 e. The monoisotopic (exact) mass is 227 g/mol. The minimum absolute atomic E-state index is 0.157. The zero-order chi connectivity index (χ0) is 12.1. The van der Waals surface area contributed by atoms with E-state index < -0.39 is 17.7 Å². The SMILES string of the molecule is CCOc1c(C(=O)C(=O)OC)ccnc1F. The van der Waals surface area contributed by atoms with Gasteiger partial charge in [0.15, 0.2) is 5.75 Å². The molecule has 0 aliphatic heterocycles. The van der Waals surface area contributed by atoms with E-state index in [1.807, 2.05) is 0 Å². The zero-order valence-corrected chi connectivity index (χ0v) is 8.82. The van der Waals surface area contributed by atoms with Gasteiger partial charge in [0.2, 0.25) is 0 Å². The predicted molar refractivity (Wildman–Crippen MR) is 51.7 cm³/mol. The number of ether oxygens (including phenoxy) is 2. The fraction of sp³-hybridized carbons (Fsp3) is 0.300. The molecule has 0 fully saturated rings. The van der Waals surface area contributed by atoms with E-state index in [9.17, 15) is 14.0 Å². The number of pyridine rings is 1. The van der Waals surface area contributed by atoms with Crippen molar-refractivity contribution in [3.8, 4) is 5.75 Å². The number of esters is 1. The Hall–Kier alpha value is -1.98. The van der Waals surface area contributed by atoms with E-state index in [-0.39, 0.29) is 17.9 Å². The molecule has 1 aromatic heterocycles. The number of aromatic nitrogens is 1. The van der Waals surface area contributed by atoms with Gasteiger partial charge in [0.25, 0.3) is 11.7 Å². The first-order valence-corrected chi connectivity index (χ1v) is 4.51. The Bertz CT molecular complexity index is 419. The van der Waals surface area contributed by atoms with Gasteiger partial charge in [-0.2, -0.15) is 4.39 Å². The Balaban J connectivity index is 3.17. The fourth-order valence-corrected chi connectivity index (χ4v) is 1.09. The Morgan fingerprint density at radius 3 is 2.75 bits per heavy atom. The highest BCUT2D eigenvalue weighted by Gasteiger charge is 2.23. The van der Waals surface area contributed by atoms with E-state index in [0.717, 1.165) is 13.3 Å². The largest absolute Gasteiger partial charge is 0.488 e. The molecule has 0 atom stereocenters. The lowest BCUT2D eigenvalue weighted by atomic mass is 10.1. The van der Waals surface area contributed by atoms with E-state index in [0.29, 0.717) is 0 Å². The van der Waals surface area contributed by atoms with Crippen molar-refractivity contribution in [1.29, 1.82) is 0 Å². The van der Waals surface area contributed by atoms with Crippen LogP contribution in [-0.4, -0.2) is 30.5 Å². The summed E-state index contributed by atoms with van der Waals surface area (Å²) in [6, 6.07) is 1.20. The van der Waals surface area contributed by atoms with Crippen molar-refractivity contribution >= 4 is 11.8 Å². The summed E-state index contributed by atoms with van der Waals surface area (Å²) in [4.78, 5) is 25.8. The number of Topliss-reactive ketones (excluding diaryl/α,β-unsaturated/α-hetero) is 1. The Morgan fingerprint density at radius 1 is 1.50 bits per heavy atom. The molecule has 0 unspecified atom stereocenters. The van der Waals surface area contributed by atoms with Crippen LogP contribution < -0.4 is 4.74 Å². The maximum atomic E-state index is 13.2. The van der Waals surface area contributed by atoms with Crippen LogP contribution in [0.3, 0.4) is 0 Å². The molecule has 0 bridgehead atoms. The normalized spacial score (nSPS) is 9.69. The van der Waals surface area contributed by atoms with E-state index in [2.05, 4.69) is 9.72 Å². The summed E-state index contributed by atoms with van der Waals surface area (Å²) >= 11 is 0. The molecule has 6 heteroatoms. The van der Waals surface area contributed by atoms with Gasteiger partial charge in [0.05, 0.1) is 19.3 Å². The second kappa shape index (κ2) is 5.20. The lowest BCUT2D eigenvalue weighted by Gasteiger charge is -2.08. The highest BCUT2D eigenvalue weighted by atomic mass is 19.1. The highest BCUT2D eigenvalue weighted by Crippen LogP contribution is 2.21. The lowest BCUT2D eigenvalue weighted by Crippen LogP contribution is -2.17. The predicted octanol–water partition coefficient (Wildman–Crippen LogP) is 0.975. The van der Waals surface area contributed by atoms with Crippen molar-refractivity contribution in [2.24, 2.45) is 0 Å². The van der Waals surface area contributed by atoms with E-state index in [1.165, 1.54) is 6.07 Å². The van der Waals surface area contributed by atoms with Gasteiger partial charge in [-0.25, -0.2) is 9.78 Å². The molecule has 0 amide bonds. The van der Waals surface area contributed by atoms with E-state index in [4.69, 9.17) is 4.74 Å². The molecule has 0 spiro atoms. The van der Waals surface area contributed by atoms with Crippen LogP contribution in [-0.2, 0) is 9.53 Å². The van der Waals surface area contributed by atoms with Gasteiger partial charge in [0, 0.05) is 6.20 Å². The molecule has 0 aliphatic carbocycles. The molecule has 1 heterocycles. The van der Waals surface area contributed by atoms with Gasteiger partial charge < -0.3 is 9.47 Å². The number of hydrogen-bond acceptors (Lipinski definition) is 5. The maximum Gasteiger partial charge on any atom is 0.379 e. The molecule has 0 saturated carbocycles. The molecule has 16 heavy (non-hydrogen) atoms. The van der Waals surface area contributed by atoms with Gasteiger partial charge in [-0.3, -0.25) is 4.79 Å². The van der Waals surface area contributed by atoms with Crippen molar-refractivity contribution in [2.45, 2.75) is 6.92 Å². The standard InChI is InChI=1S/C10H10FNO4/c1-3-16-8-6(4-5-12-9(8)11)7(13)10(14)15-2/h4-5H,3H2,1-2H3. The van der Waals surface area contributed by atoms with Gasteiger partial charge in [-0.15, -0.1) is 0 Å². The molecular weight excluding hydrogens is 217 g/mol. The van der Waals surface area contributed by atoms with Gasteiger partial charge in [0.1, 0.15) is 0 Å². The molecule has 1 rings (SSSR count). The summed E-state index contributed by atoms with van der Waals surface area (Å²) in [7, 11) is 1.07. The third kappa shape index (κ3) is 2.33. The van der Waals surface area contributed by atoms with Crippen LogP contribution in [0.15, 0.2) is 12.3 Å². The van der Waals surface area contributed by atoms with Gasteiger partial charge in [-0.05, 0) is 13.0 Å². The van der Waals surface area contributed by atoms with Crippen LogP contribution in [0.1, 0.15) is 17.3 Å². The second-order valence-corrected chi connectivity index (χ2v) is 2.73. The number of nitrogens with zero attached hydrogens (tertiary/aromatic N) is 1. The summed E-state index contributed by atoms with van der Waals surface area (Å²) in [5.74, 6) is -3.31. The van der Waals surface area contributed by atoms with Crippen molar-refractivity contribution in [3.63, 3.8) is 0 Å². The average molecular weight is 227 g/mol. The Kier molecular flexibility index (Phi) is 3.93. The van der Waals surface area contributed by atoms with Crippen molar-refractivity contribution < 1.29 is 23.5 Å². The van der Waals surface area contributed by atoms with Crippen LogP contribution in [0.25, 0.3) is 0 Å². The number of methoxy groups -OCH3 is 1. The first-order valence-electron chi connectivity index (χ1n) is 4.51. The molecule has 0 aromatic carbocycles. The highest BCUT2D eigenvalue weighted by molar-refractivity contribution is 6.41. The molecule has 5 nitrogen and oxygen atoms in total. The number of halogens is 1. The molecular formula is C10H10FNO4. The van der Waals surface area contributed by atoms with Crippen LogP contribution in [0.5, 0.6) is 5.75 Å². The minimum Gasteiger partial charge on any atom is -0.488 e. The summed E-state index contributed by atoms with van der Waals surface area (Å²) in [6.45, 7) is 1.78. The third-order valence-corrected chi connectivity index (χ3v) is 1.77. The van der Waals surface area contributed by atoms with Gasteiger partial charge >= 0.3 is 5.97 Å². The van der Waals surface area contributed by atoms with Crippen molar-refractivity contribution in [2.75, 3.05) is 13.7 Å².